The predicted molar refractivity (Wildman–Crippen MR) is 103 cm³/mol. The molecule has 0 amide bonds. The molecule has 0 saturated carbocycles. The largest absolute Gasteiger partial charge is 0.496 e. The van der Waals surface area contributed by atoms with Crippen molar-refractivity contribution in [2.24, 2.45) is 0 Å². The van der Waals surface area contributed by atoms with Crippen molar-refractivity contribution in [3.63, 3.8) is 0 Å². The summed E-state index contributed by atoms with van der Waals surface area (Å²) in [5.74, 6) is 0.890. The van der Waals surface area contributed by atoms with E-state index in [2.05, 4.69) is 6.07 Å². The quantitative estimate of drug-likeness (QED) is 0.833. The molecule has 138 valence electrons. The number of hydrogen-bond acceptors (Lipinski definition) is 3. The van der Waals surface area contributed by atoms with Crippen LogP contribution in [0.15, 0.2) is 60.0 Å². The molecule has 0 bridgehead atoms. The summed E-state index contributed by atoms with van der Waals surface area (Å²) in [5, 5.41) is 1.31. The fraction of sp³-hybridized carbons (Fsp3) is 0.300. The number of ether oxygens (including phenoxy) is 1. The van der Waals surface area contributed by atoms with Gasteiger partial charge in [0, 0.05) is 11.0 Å². The molecule has 0 unspecified atom stereocenters. The Morgan fingerprint density at radius 3 is 2.38 bits per heavy atom. The molecule has 0 radical (unpaired) electrons. The van der Waals surface area contributed by atoms with Crippen LogP contribution in [0.3, 0.4) is 0 Å². The molecule has 0 aliphatic carbocycles. The molecule has 0 aromatic heterocycles. The van der Waals surface area contributed by atoms with Gasteiger partial charge >= 0.3 is 0 Å². The molecule has 1 N–H and O–H groups in total. The van der Waals surface area contributed by atoms with Gasteiger partial charge in [0.1, 0.15) is 12.3 Å². The van der Waals surface area contributed by atoms with E-state index in [0.717, 1.165) is 36.5 Å². The van der Waals surface area contributed by atoms with Gasteiger partial charge in [-0.25, -0.2) is 8.42 Å². The second-order valence-corrected chi connectivity index (χ2v) is 8.21. The summed E-state index contributed by atoms with van der Waals surface area (Å²) in [6, 6.07) is 17.5. The van der Waals surface area contributed by atoms with Crippen LogP contribution in [-0.2, 0) is 16.6 Å². The normalized spacial score (nSPS) is 16.8. The fourth-order valence-electron chi connectivity index (χ4n) is 3.17. The van der Waals surface area contributed by atoms with Crippen LogP contribution in [0.25, 0.3) is 6.08 Å². The second kappa shape index (κ2) is 8.49. The van der Waals surface area contributed by atoms with Crippen molar-refractivity contribution in [3.05, 3.63) is 71.1 Å². The van der Waals surface area contributed by atoms with Crippen molar-refractivity contribution in [2.45, 2.75) is 6.54 Å². The van der Waals surface area contributed by atoms with Crippen LogP contribution in [0.1, 0.15) is 11.1 Å². The van der Waals surface area contributed by atoms with E-state index in [-0.39, 0.29) is 0 Å². The molecule has 1 heterocycles. The van der Waals surface area contributed by atoms with Gasteiger partial charge in [-0.3, -0.25) is 0 Å². The number of rotatable bonds is 6. The lowest BCUT2D eigenvalue weighted by atomic mass is 10.2. The summed E-state index contributed by atoms with van der Waals surface area (Å²) in [5.41, 5.74) is 2.04. The number of piperazine rings is 1. The van der Waals surface area contributed by atoms with Crippen molar-refractivity contribution in [3.8, 4) is 5.75 Å². The average molecular weight is 373 g/mol. The van der Waals surface area contributed by atoms with Gasteiger partial charge in [0.15, 0.2) is 0 Å². The Kier molecular flexibility index (Phi) is 6.08. The van der Waals surface area contributed by atoms with Gasteiger partial charge in [0.05, 0.1) is 33.3 Å². The topological polar surface area (TPSA) is 51.1 Å². The number of hydrogen-bond donors (Lipinski definition) is 1. The third-order valence-electron chi connectivity index (χ3n) is 4.65. The van der Waals surface area contributed by atoms with Crippen molar-refractivity contribution >= 4 is 16.1 Å². The van der Waals surface area contributed by atoms with Crippen LogP contribution in [0.5, 0.6) is 5.75 Å². The zero-order chi connectivity index (χ0) is 18.4. The molecule has 26 heavy (non-hydrogen) atoms. The van der Waals surface area contributed by atoms with Gasteiger partial charge in [-0.15, -0.1) is 0 Å². The van der Waals surface area contributed by atoms with E-state index in [1.807, 2.05) is 48.5 Å². The van der Waals surface area contributed by atoms with Crippen LogP contribution in [0, 0.1) is 0 Å². The minimum atomic E-state index is -3.38. The molecule has 3 rings (SSSR count). The Balaban J connectivity index is 1.58. The lowest BCUT2D eigenvalue weighted by molar-refractivity contribution is -0.917. The highest BCUT2D eigenvalue weighted by molar-refractivity contribution is 7.92. The smallest absolute Gasteiger partial charge is 0.236 e. The number of nitrogens with zero attached hydrogens (tertiary/aromatic N) is 1. The predicted octanol–water partition coefficient (Wildman–Crippen LogP) is 1.40. The monoisotopic (exact) mass is 373 g/mol. The van der Waals surface area contributed by atoms with Crippen molar-refractivity contribution in [1.82, 2.24) is 4.31 Å². The molecule has 6 heteroatoms. The van der Waals surface area contributed by atoms with Crippen molar-refractivity contribution < 1.29 is 18.1 Å². The number of benzene rings is 2. The first-order valence-electron chi connectivity index (χ1n) is 8.77. The molecule has 0 spiro atoms. The summed E-state index contributed by atoms with van der Waals surface area (Å²) in [7, 11) is -1.70. The molecule has 1 saturated heterocycles. The number of nitrogens with one attached hydrogen (secondary N) is 1. The summed E-state index contributed by atoms with van der Waals surface area (Å²) in [4.78, 5) is 1.37. The van der Waals surface area contributed by atoms with E-state index in [4.69, 9.17) is 4.74 Å². The maximum Gasteiger partial charge on any atom is 0.236 e. The standard InChI is InChI=1S/C20H24N2O3S/c1-25-20-10-6-5-9-19(20)17-21-12-14-22(15-13-21)26(23,24)16-11-18-7-3-2-4-8-18/h2-11,16H,12-15,17H2,1H3/p+1/b16-11+. The van der Waals surface area contributed by atoms with Gasteiger partial charge in [-0.2, -0.15) is 4.31 Å². The van der Waals surface area contributed by atoms with E-state index in [9.17, 15) is 8.42 Å². The van der Waals surface area contributed by atoms with Gasteiger partial charge in [-0.05, 0) is 23.8 Å². The number of methoxy groups -OCH3 is 1. The Morgan fingerprint density at radius 2 is 1.69 bits per heavy atom. The third-order valence-corrected chi connectivity index (χ3v) is 6.22. The van der Waals surface area contributed by atoms with Crippen molar-refractivity contribution in [2.75, 3.05) is 33.3 Å². The van der Waals surface area contributed by atoms with Crippen LogP contribution in [-0.4, -0.2) is 46.0 Å². The van der Waals surface area contributed by atoms with Crippen LogP contribution >= 0.6 is 0 Å². The summed E-state index contributed by atoms with van der Waals surface area (Å²) >= 11 is 0. The molecular weight excluding hydrogens is 348 g/mol. The third kappa shape index (κ3) is 4.72. The maximum absolute atomic E-state index is 12.5. The minimum Gasteiger partial charge on any atom is -0.496 e. The Morgan fingerprint density at radius 1 is 1.04 bits per heavy atom. The van der Waals surface area contributed by atoms with Crippen LogP contribution in [0.4, 0.5) is 0 Å². The Bertz CT molecular complexity index is 842. The average Bonchev–Trinajstić information content (AvgIpc) is 2.68. The number of para-hydroxylation sites is 1. The van der Waals surface area contributed by atoms with Crippen LogP contribution in [0.2, 0.25) is 0 Å². The molecule has 0 atom stereocenters. The SMILES string of the molecule is COc1ccccc1C[NH+]1CCN(S(=O)(=O)/C=C/c2ccccc2)CC1. The van der Waals surface area contributed by atoms with E-state index in [1.54, 1.807) is 17.5 Å². The molecule has 5 nitrogen and oxygen atoms in total. The maximum atomic E-state index is 12.5. The highest BCUT2D eigenvalue weighted by Crippen LogP contribution is 2.16. The number of quaternary nitrogens is 1. The van der Waals surface area contributed by atoms with E-state index in [0.29, 0.717) is 13.1 Å². The van der Waals surface area contributed by atoms with E-state index in [1.165, 1.54) is 10.3 Å². The molecule has 1 aliphatic heterocycles. The highest BCUT2D eigenvalue weighted by atomic mass is 32.2. The fourth-order valence-corrected chi connectivity index (χ4v) is 4.36. The Hall–Kier alpha value is -2.15. The van der Waals surface area contributed by atoms with Crippen LogP contribution < -0.4 is 9.64 Å². The summed E-state index contributed by atoms with van der Waals surface area (Å²) < 4.78 is 32.0. The van der Waals surface area contributed by atoms with Gasteiger partial charge in [-0.1, -0.05) is 42.5 Å². The zero-order valence-electron chi connectivity index (χ0n) is 15.0. The first-order valence-corrected chi connectivity index (χ1v) is 10.3. The molecule has 1 aliphatic rings. The summed E-state index contributed by atoms with van der Waals surface area (Å²) in [6.45, 7) is 3.49. The lowest BCUT2D eigenvalue weighted by Gasteiger charge is -2.31. The molecule has 2 aromatic rings. The minimum absolute atomic E-state index is 0.534. The lowest BCUT2D eigenvalue weighted by Crippen LogP contribution is -3.13. The molecular formula is C20H25N2O3S+. The van der Waals surface area contributed by atoms with Gasteiger partial charge < -0.3 is 9.64 Å². The first kappa shape index (κ1) is 18.6. The van der Waals surface area contributed by atoms with Gasteiger partial charge in [0.2, 0.25) is 10.0 Å². The first-order chi connectivity index (χ1) is 12.6. The summed E-state index contributed by atoms with van der Waals surface area (Å²) in [6.07, 6.45) is 1.66. The molecule has 2 aromatic carbocycles. The highest BCUT2D eigenvalue weighted by Gasteiger charge is 2.27. The second-order valence-electron chi connectivity index (χ2n) is 6.40. The van der Waals surface area contributed by atoms with Crippen molar-refractivity contribution in [1.29, 1.82) is 0 Å². The van der Waals surface area contributed by atoms with E-state index >= 15 is 0 Å². The Labute approximate surface area is 155 Å². The zero-order valence-corrected chi connectivity index (χ0v) is 15.8. The molecule has 1 fully saturated rings. The van der Waals surface area contributed by atoms with Gasteiger partial charge in [0.25, 0.3) is 0 Å². The van der Waals surface area contributed by atoms with E-state index < -0.39 is 10.0 Å². The number of sulfonamides is 1.